The molecule has 2 N–H and O–H groups in total. The van der Waals surface area contributed by atoms with Gasteiger partial charge in [-0.3, -0.25) is 24.4 Å². The van der Waals surface area contributed by atoms with Crippen molar-refractivity contribution in [3.63, 3.8) is 0 Å². The van der Waals surface area contributed by atoms with Gasteiger partial charge in [-0.2, -0.15) is 5.26 Å². The Bertz CT molecular complexity index is 1370. The molecule has 4 rings (SSSR count). The minimum Gasteiger partial charge on any atom is -0.391 e. The number of aromatic nitrogens is 1. The standard InChI is InChI=1S/C29H29Cl2N5O3/c1-29(2,3)19-9-11-20(12-10-19)36(28(39)24-14-21(37)16-35(24)17-32)26(18-6-5-13-33-15-18)27(38)34-25-22(30)7-4-8-23(25)31/h4-13,15,21,24,26,37H,14,16H2,1-3H3,(H,34,38). The number of likely N-dealkylation sites (tertiary alicyclic amines) is 1. The van der Waals surface area contributed by atoms with Crippen molar-refractivity contribution in [3.05, 3.63) is 88.2 Å². The van der Waals surface area contributed by atoms with Gasteiger partial charge in [0.15, 0.2) is 6.19 Å². The maximum absolute atomic E-state index is 14.2. The van der Waals surface area contributed by atoms with Gasteiger partial charge in [0.25, 0.3) is 11.8 Å². The highest BCUT2D eigenvalue weighted by Gasteiger charge is 2.43. The number of carbonyl (C=O) groups excluding carboxylic acids is 2. The van der Waals surface area contributed by atoms with Crippen LogP contribution in [0.2, 0.25) is 10.0 Å². The fourth-order valence-electron chi connectivity index (χ4n) is 4.61. The highest BCUT2D eigenvalue weighted by molar-refractivity contribution is 6.39. The zero-order valence-corrected chi connectivity index (χ0v) is 23.3. The van der Waals surface area contributed by atoms with Crippen molar-refractivity contribution in [2.24, 2.45) is 0 Å². The van der Waals surface area contributed by atoms with Gasteiger partial charge in [0.05, 0.1) is 28.4 Å². The number of aliphatic hydroxyl groups is 1. The number of para-hydroxylation sites is 1. The van der Waals surface area contributed by atoms with E-state index in [0.29, 0.717) is 11.3 Å². The lowest BCUT2D eigenvalue weighted by atomic mass is 9.87. The van der Waals surface area contributed by atoms with E-state index in [4.69, 9.17) is 23.2 Å². The second-order valence-corrected chi connectivity index (χ2v) is 11.3. The zero-order chi connectivity index (χ0) is 28.3. The first-order valence-corrected chi connectivity index (χ1v) is 13.2. The molecule has 1 aliphatic rings. The molecule has 0 bridgehead atoms. The third-order valence-electron chi connectivity index (χ3n) is 6.66. The van der Waals surface area contributed by atoms with Crippen LogP contribution >= 0.6 is 23.2 Å². The van der Waals surface area contributed by atoms with E-state index in [0.717, 1.165) is 5.56 Å². The molecule has 8 nitrogen and oxygen atoms in total. The minimum atomic E-state index is -1.20. The smallest absolute Gasteiger partial charge is 0.252 e. The molecule has 3 unspecified atom stereocenters. The minimum absolute atomic E-state index is 0.0305. The Kier molecular flexibility index (Phi) is 8.45. The maximum atomic E-state index is 14.2. The SMILES string of the molecule is CC(C)(C)c1ccc(N(C(=O)C2CC(O)CN2C#N)C(C(=O)Nc2c(Cl)cccc2Cl)c2cccnc2)cc1. The molecule has 3 aromatic rings. The molecule has 2 aromatic carbocycles. The van der Waals surface area contributed by atoms with Crippen LogP contribution in [0.25, 0.3) is 0 Å². The van der Waals surface area contributed by atoms with Gasteiger partial charge in [-0.15, -0.1) is 0 Å². The van der Waals surface area contributed by atoms with E-state index in [-0.39, 0.29) is 34.1 Å². The highest BCUT2D eigenvalue weighted by atomic mass is 35.5. The summed E-state index contributed by atoms with van der Waals surface area (Å²) in [6, 6.07) is 13.4. The van der Waals surface area contributed by atoms with Gasteiger partial charge in [-0.1, -0.05) is 68.2 Å². The molecule has 0 aliphatic carbocycles. The third kappa shape index (κ3) is 6.17. The quantitative estimate of drug-likeness (QED) is 0.391. The fourth-order valence-corrected chi connectivity index (χ4v) is 5.10. The number of carbonyl (C=O) groups is 2. The van der Waals surface area contributed by atoms with Crippen molar-refractivity contribution in [1.82, 2.24) is 9.88 Å². The number of pyridine rings is 1. The number of aliphatic hydroxyl groups excluding tert-OH is 1. The second-order valence-electron chi connectivity index (χ2n) is 10.4. The molecule has 0 spiro atoms. The Hall–Kier alpha value is -3.64. The Morgan fingerprint density at radius 3 is 2.36 bits per heavy atom. The number of β-amino-alcohol motifs (C(OH)–C–C–N with tert-alkyl or cyclic N) is 1. The monoisotopic (exact) mass is 565 g/mol. The Morgan fingerprint density at radius 2 is 1.79 bits per heavy atom. The molecule has 1 saturated heterocycles. The number of nitrogens with zero attached hydrogens (tertiary/aromatic N) is 4. The molecule has 202 valence electrons. The van der Waals surface area contributed by atoms with Crippen molar-refractivity contribution in [1.29, 1.82) is 5.26 Å². The van der Waals surface area contributed by atoms with E-state index in [2.05, 4.69) is 31.1 Å². The molecular weight excluding hydrogens is 537 g/mol. The van der Waals surface area contributed by atoms with E-state index >= 15 is 0 Å². The van der Waals surface area contributed by atoms with Crippen LogP contribution in [0.1, 0.15) is 44.4 Å². The summed E-state index contributed by atoms with van der Waals surface area (Å²) in [7, 11) is 0. The van der Waals surface area contributed by atoms with Gasteiger partial charge in [0, 0.05) is 30.1 Å². The molecule has 10 heteroatoms. The Labute approximate surface area is 237 Å². The molecule has 2 amide bonds. The van der Waals surface area contributed by atoms with Gasteiger partial charge in [0.2, 0.25) is 0 Å². The van der Waals surface area contributed by atoms with E-state index in [9.17, 15) is 20.0 Å². The zero-order valence-electron chi connectivity index (χ0n) is 21.8. The number of amides is 2. The number of halogens is 2. The van der Waals surface area contributed by atoms with Gasteiger partial charge in [-0.25, -0.2) is 0 Å². The molecule has 1 aliphatic heterocycles. The molecular formula is C29H29Cl2N5O3. The summed E-state index contributed by atoms with van der Waals surface area (Å²) in [4.78, 5) is 35.0. The topological polar surface area (TPSA) is 110 Å². The lowest BCUT2D eigenvalue weighted by Crippen LogP contribution is -2.49. The normalized spacial score (nSPS) is 17.8. The van der Waals surface area contributed by atoms with Crippen molar-refractivity contribution >= 4 is 46.4 Å². The Morgan fingerprint density at radius 1 is 1.13 bits per heavy atom. The summed E-state index contributed by atoms with van der Waals surface area (Å²) in [6.45, 7) is 6.27. The Balaban J connectivity index is 1.86. The first-order valence-electron chi connectivity index (χ1n) is 12.4. The molecule has 0 saturated carbocycles. The third-order valence-corrected chi connectivity index (χ3v) is 7.29. The first kappa shape index (κ1) is 28.4. The van der Waals surface area contributed by atoms with E-state index in [1.165, 1.54) is 16.0 Å². The maximum Gasteiger partial charge on any atom is 0.252 e. The summed E-state index contributed by atoms with van der Waals surface area (Å²) in [6.07, 6.45) is 4.28. The number of benzene rings is 2. The van der Waals surface area contributed by atoms with Gasteiger partial charge < -0.3 is 10.4 Å². The molecule has 39 heavy (non-hydrogen) atoms. The first-order chi connectivity index (χ1) is 18.5. The average Bonchev–Trinajstić information content (AvgIpc) is 3.29. The van der Waals surface area contributed by atoms with Crippen molar-refractivity contribution < 1.29 is 14.7 Å². The summed E-state index contributed by atoms with van der Waals surface area (Å²) >= 11 is 12.7. The van der Waals surface area contributed by atoms with Crippen LogP contribution in [-0.2, 0) is 15.0 Å². The number of hydrogen-bond acceptors (Lipinski definition) is 6. The lowest BCUT2D eigenvalue weighted by molar-refractivity contribution is -0.126. The van der Waals surface area contributed by atoms with Crippen molar-refractivity contribution in [2.75, 3.05) is 16.8 Å². The van der Waals surface area contributed by atoms with Crippen LogP contribution in [0, 0.1) is 11.5 Å². The van der Waals surface area contributed by atoms with Gasteiger partial charge in [-0.05, 0) is 41.3 Å². The van der Waals surface area contributed by atoms with E-state index in [1.54, 1.807) is 48.7 Å². The largest absolute Gasteiger partial charge is 0.391 e. The predicted octanol–water partition coefficient (Wildman–Crippen LogP) is 5.32. The van der Waals surface area contributed by atoms with Crippen molar-refractivity contribution in [2.45, 2.75) is 50.8 Å². The van der Waals surface area contributed by atoms with E-state index in [1.807, 2.05) is 18.3 Å². The van der Waals surface area contributed by atoms with Crippen LogP contribution in [0.3, 0.4) is 0 Å². The van der Waals surface area contributed by atoms with Gasteiger partial charge >= 0.3 is 0 Å². The predicted molar refractivity (Wildman–Crippen MR) is 151 cm³/mol. The number of rotatable bonds is 6. The summed E-state index contributed by atoms with van der Waals surface area (Å²) in [5.74, 6) is -1.08. The van der Waals surface area contributed by atoms with E-state index < -0.39 is 30.0 Å². The van der Waals surface area contributed by atoms with Crippen LogP contribution in [0.5, 0.6) is 0 Å². The number of nitrogens with one attached hydrogen (secondary N) is 1. The van der Waals surface area contributed by atoms with Crippen LogP contribution in [-0.4, -0.2) is 45.5 Å². The molecule has 1 fully saturated rings. The lowest BCUT2D eigenvalue weighted by Gasteiger charge is -2.34. The van der Waals surface area contributed by atoms with Gasteiger partial charge in [0.1, 0.15) is 12.1 Å². The number of hydrogen-bond donors (Lipinski definition) is 2. The molecule has 2 heterocycles. The van der Waals surface area contributed by atoms with Crippen LogP contribution < -0.4 is 10.2 Å². The summed E-state index contributed by atoms with van der Waals surface area (Å²) in [5.41, 5.74) is 2.00. The molecule has 0 radical (unpaired) electrons. The van der Waals surface area contributed by atoms with Crippen LogP contribution in [0.15, 0.2) is 67.0 Å². The second kappa shape index (κ2) is 11.6. The summed E-state index contributed by atoms with van der Waals surface area (Å²) in [5, 5.41) is 23.2. The summed E-state index contributed by atoms with van der Waals surface area (Å²) < 4.78 is 0. The van der Waals surface area contributed by atoms with Crippen LogP contribution in [0.4, 0.5) is 11.4 Å². The molecule has 3 atom stereocenters. The number of anilines is 2. The van der Waals surface area contributed by atoms with Crippen molar-refractivity contribution in [3.8, 4) is 6.19 Å². The number of nitriles is 1. The highest BCUT2D eigenvalue weighted by Crippen LogP contribution is 2.36. The fraction of sp³-hybridized carbons (Fsp3) is 0.310. The average molecular weight is 566 g/mol. The molecule has 1 aromatic heterocycles.